The van der Waals surface area contributed by atoms with Crippen LogP contribution in [0.1, 0.15) is 12.7 Å². The molecule has 0 unspecified atom stereocenters. The summed E-state index contributed by atoms with van der Waals surface area (Å²) in [5.41, 5.74) is 0.812. The third-order valence-corrected chi connectivity index (χ3v) is 1.93. The number of ketones is 1. The molecule has 0 aromatic carbocycles. The van der Waals surface area contributed by atoms with Gasteiger partial charge in [0.15, 0.2) is 0 Å². The van der Waals surface area contributed by atoms with Crippen LogP contribution in [0.4, 0.5) is 0 Å². The minimum Gasteiger partial charge on any atom is -0.461 e. The molecule has 2 rings (SSSR count). The molecule has 15 heavy (non-hydrogen) atoms. The quantitative estimate of drug-likeness (QED) is 0.762. The van der Waals surface area contributed by atoms with Crippen LogP contribution < -0.4 is 0 Å². The largest absolute Gasteiger partial charge is 0.461 e. The molecule has 0 fully saturated rings. The second kappa shape index (κ2) is 4.04. The summed E-state index contributed by atoms with van der Waals surface area (Å²) in [6.07, 6.45) is 5.13. The van der Waals surface area contributed by atoms with Crippen LogP contribution in [0.15, 0.2) is 35.3 Å². The fourth-order valence-electron chi connectivity index (χ4n) is 1.30. The maximum atomic E-state index is 10.9. The number of aromatic nitrogens is 2. The predicted octanol–water partition coefficient (Wildman–Crippen LogP) is 1.87. The van der Waals surface area contributed by atoms with E-state index in [1.54, 1.807) is 18.5 Å². The van der Waals surface area contributed by atoms with Gasteiger partial charge in [-0.3, -0.25) is 4.79 Å². The number of nitrogens with zero attached hydrogens (tertiary/aromatic N) is 2. The Balaban J connectivity index is 2.24. The highest BCUT2D eigenvalue weighted by atomic mass is 16.3. The zero-order chi connectivity index (χ0) is 10.7. The highest BCUT2D eigenvalue weighted by molar-refractivity contribution is 5.77. The molecule has 0 atom stereocenters. The summed E-state index contributed by atoms with van der Waals surface area (Å²) in [5, 5.41) is 0. The van der Waals surface area contributed by atoms with Crippen LogP contribution in [-0.2, 0) is 11.2 Å². The molecular formula is C11H10N2O2. The third kappa shape index (κ3) is 2.28. The Kier molecular flexibility index (Phi) is 2.58. The molecule has 0 aliphatic heterocycles. The van der Waals surface area contributed by atoms with E-state index in [-0.39, 0.29) is 5.78 Å². The van der Waals surface area contributed by atoms with Gasteiger partial charge in [-0.05, 0) is 19.1 Å². The van der Waals surface area contributed by atoms with E-state index in [1.165, 1.54) is 13.3 Å². The topological polar surface area (TPSA) is 56.0 Å². The van der Waals surface area contributed by atoms with Crippen molar-refractivity contribution in [3.63, 3.8) is 0 Å². The number of carbonyl (C=O) groups is 1. The monoisotopic (exact) mass is 202 g/mol. The molecule has 0 saturated carbocycles. The fraction of sp³-hybridized carbons (Fsp3) is 0.182. The van der Waals surface area contributed by atoms with Gasteiger partial charge in [-0.2, -0.15) is 0 Å². The summed E-state index contributed by atoms with van der Waals surface area (Å²) in [5.74, 6) is 1.44. The first kappa shape index (κ1) is 9.58. The van der Waals surface area contributed by atoms with E-state index in [1.807, 2.05) is 6.07 Å². The molecule has 2 heterocycles. The van der Waals surface area contributed by atoms with E-state index in [2.05, 4.69) is 9.97 Å². The molecule has 4 heteroatoms. The summed E-state index contributed by atoms with van der Waals surface area (Å²) in [6.45, 7) is 1.54. The lowest BCUT2D eigenvalue weighted by atomic mass is 10.2. The third-order valence-electron chi connectivity index (χ3n) is 1.93. The molecule has 0 aliphatic rings. The summed E-state index contributed by atoms with van der Waals surface area (Å²) in [6, 6.07) is 3.61. The van der Waals surface area contributed by atoms with E-state index in [9.17, 15) is 4.79 Å². The van der Waals surface area contributed by atoms with Crippen molar-refractivity contribution in [1.82, 2.24) is 9.97 Å². The van der Waals surface area contributed by atoms with Gasteiger partial charge < -0.3 is 4.42 Å². The van der Waals surface area contributed by atoms with Gasteiger partial charge in [0.1, 0.15) is 23.6 Å². The lowest BCUT2D eigenvalue weighted by molar-refractivity contribution is -0.116. The SMILES string of the molecule is CC(=O)Cc1ccc(-c2cncnc2)o1. The minimum absolute atomic E-state index is 0.0835. The molecule has 0 radical (unpaired) electrons. The average Bonchev–Trinajstić information content (AvgIpc) is 2.67. The van der Waals surface area contributed by atoms with Crippen molar-refractivity contribution < 1.29 is 9.21 Å². The number of rotatable bonds is 3. The van der Waals surface area contributed by atoms with Crippen molar-refractivity contribution in [1.29, 1.82) is 0 Å². The van der Waals surface area contributed by atoms with Gasteiger partial charge in [0.2, 0.25) is 0 Å². The normalized spacial score (nSPS) is 10.2. The van der Waals surface area contributed by atoms with E-state index in [0.717, 1.165) is 5.56 Å². The lowest BCUT2D eigenvalue weighted by Gasteiger charge is -1.94. The number of furan rings is 1. The molecular weight excluding hydrogens is 192 g/mol. The number of carbonyl (C=O) groups excluding carboxylic acids is 1. The summed E-state index contributed by atoms with van der Waals surface area (Å²) in [7, 11) is 0. The van der Waals surface area contributed by atoms with Crippen molar-refractivity contribution >= 4 is 5.78 Å². The molecule has 4 nitrogen and oxygen atoms in total. The van der Waals surface area contributed by atoms with Crippen LogP contribution in [-0.4, -0.2) is 15.8 Å². The Labute approximate surface area is 87.0 Å². The molecule has 0 spiro atoms. The molecule has 2 aromatic heterocycles. The van der Waals surface area contributed by atoms with Gasteiger partial charge in [0.05, 0.1) is 12.0 Å². The Morgan fingerprint density at radius 3 is 2.73 bits per heavy atom. The maximum Gasteiger partial charge on any atom is 0.137 e. The van der Waals surface area contributed by atoms with Crippen LogP contribution in [0.25, 0.3) is 11.3 Å². The second-order valence-electron chi connectivity index (χ2n) is 3.27. The van der Waals surface area contributed by atoms with Crippen LogP contribution in [0.2, 0.25) is 0 Å². The second-order valence-corrected chi connectivity index (χ2v) is 3.27. The van der Waals surface area contributed by atoms with Crippen molar-refractivity contribution in [2.45, 2.75) is 13.3 Å². The molecule has 0 aliphatic carbocycles. The molecule has 2 aromatic rings. The minimum atomic E-state index is 0.0835. The molecule has 0 N–H and O–H groups in total. The van der Waals surface area contributed by atoms with Crippen molar-refractivity contribution in [3.8, 4) is 11.3 Å². The van der Waals surface area contributed by atoms with Gasteiger partial charge >= 0.3 is 0 Å². The van der Waals surface area contributed by atoms with E-state index >= 15 is 0 Å². The summed E-state index contributed by atoms with van der Waals surface area (Å²) in [4.78, 5) is 18.7. The van der Waals surface area contributed by atoms with Crippen molar-refractivity contribution in [2.75, 3.05) is 0 Å². The van der Waals surface area contributed by atoms with Crippen LogP contribution in [0.3, 0.4) is 0 Å². The molecule has 0 bridgehead atoms. The van der Waals surface area contributed by atoms with Gasteiger partial charge in [0, 0.05) is 12.4 Å². The Bertz CT molecular complexity index is 462. The first-order valence-corrected chi connectivity index (χ1v) is 4.59. The zero-order valence-electron chi connectivity index (χ0n) is 8.30. The van der Waals surface area contributed by atoms with Gasteiger partial charge in [-0.1, -0.05) is 0 Å². The first-order valence-electron chi connectivity index (χ1n) is 4.59. The molecule has 0 saturated heterocycles. The van der Waals surface area contributed by atoms with Gasteiger partial charge in [-0.25, -0.2) is 9.97 Å². The zero-order valence-corrected chi connectivity index (χ0v) is 8.30. The molecule has 0 amide bonds. The Hall–Kier alpha value is -1.97. The maximum absolute atomic E-state index is 10.9. The van der Waals surface area contributed by atoms with Crippen molar-refractivity contribution in [2.24, 2.45) is 0 Å². The number of Topliss-reactive ketones (excluding diaryl/α,β-unsaturated/α-hetero) is 1. The van der Waals surface area contributed by atoms with Gasteiger partial charge in [-0.15, -0.1) is 0 Å². The standard InChI is InChI=1S/C11H10N2O2/c1-8(14)4-10-2-3-11(15-10)9-5-12-7-13-6-9/h2-3,5-7H,4H2,1H3. The van der Waals surface area contributed by atoms with E-state index in [4.69, 9.17) is 4.42 Å². The van der Waals surface area contributed by atoms with Crippen LogP contribution >= 0.6 is 0 Å². The van der Waals surface area contributed by atoms with Crippen molar-refractivity contribution in [3.05, 3.63) is 36.6 Å². The molecule has 76 valence electrons. The summed E-state index contributed by atoms with van der Waals surface area (Å²) < 4.78 is 5.48. The first-order chi connectivity index (χ1) is 7.25. The van der Waals surface area contributed by atoms with E-state index < -0.39 is 0 Å². The van der Waals surface area contributed by atoms with Crippen LogP contribution in [0.5, 0.6) is 0 Å². The lowest BCUT2D eigenvalue weighted by Crippen LogP contribution is -1.93. The predicted molar refractivity (Wildman–Crippen MR) is 54.1 cm³/mol. The smallest absolute Gasteiger partial charge is 0.137 e. The fourth-order valence-corrected chi connectivity index (χ4v) is 1.30. The van der Waals surface area contributed by atoms with E-state index in [0.29, 0.717) is 17.9 Å². The average molecular weight is 202 g/mol. The highest BCUT2D eigenvalue weighted by Gasteiger charge is 2.06. The summed E-state index contributed by atoms with van der Waals surface area (Å²) >= 11 is 0. The Morgan fingerprint density at radius 1 is 1.33 bits per heavy atom. The Morgan fingerprint density at radius 2 is 2.07 bits per heavy atom. The number of hydrogen-bond acceptors (Lipinski definition) is 4. The number of hydrogen-bond donors (Lipinski definition) is 0. The highest BCUT2D eigenvalue weighted by Crippen LogP contribution is 2.20. The van der Waals surface area contributed by atoms with Gasteiger partial charge in [0.25, 0.3) is 0 Å². The van der Waals surface area contributed by atoms with Crippen LogP contribution in [0, 0.1) is 0 Å².